The van der Waals surface area contributed by atoms with Crippen LogP contribution >= 0.6 is 0 Å². The number of fused-ring (bicyclic) bond motifs is 3. The molecular formula is C25H27NO. The predicted molar refractivity (Wildman–Crippen MR) is 112 cm³/mol. The van der Waals surface area contributed by atoms with Crippen LogP contribution in [0.25, 0.3) is 4.85 Å². The highest BCUT2D eigenvalue weighted by atomic mass is 16.5. The summed E-state index contributed by atoms with van der Waals surface area (Å²) < 4.78 is 5.83. The molecule has 2 heteroatoms. The number of nitrogens with zero attached hydrogens (tertiary/aromatic N) is 1. The van der Waals surface area contributed by atoms with Gasteiger partial charge in [-0.25, -0.2) is 4.85 Å². The molecule has 2 nitrogen and oxygen atoms in total. The molecule has 138 valence electrons. The smallest absolute Gasteiger partial charge is 0.187 e. The van der Waals surface area contributed by atoms with Crippen molar-refractivity contribution >= 4 is 5.69 Å². The van der Waals surface area contributed by atoms with Gasteiger partial charge in [0.25, 0.3) is 0 Å². The van der Waals surface area contributed by atoms with Gasteiger partial charge in [0, 0.05) is 11.8 Å². The van der Waals surface area contributed by atoms with E-state index in [1.807, 2.05) is 13.0 Å². The van der Waals surface area contributed by atoms with Crippen molar-refractivity contribution < 1.29 is 4.74 Å². The van der Waals surface area contributed by atoms with Crippen molar-refractivity contribution in [1.82, 2.24) is 0 Å². The van der Waals surface area contributed by atoms with Crippen LogP contribution in [0, 0.1) is 6.57 Å². The summed E-state index contributed by atoms with van der Waals surface area (Å²) >= 11 is 0. The summed E-state index contributed by atoms with van der Waals surface area (Å²) in [6.07, 6.45) is 8.49. The molecule has 0 amide bonds. The van der Waals surface area contributed by atoms with Gasteiger partial charge >= 0.3 is 0 Å². The van der Waals surface area contributed by atoms with Crippen molar-refractivity contribution in [1.29, 1.82) is 0 Å². The lowest BCUT2D eigenvalue weighted by atomic mass is 9.61. The molecule has 2 aliphatic carbocycles. The summed E-state index contributed by atoms with van der Waals surface area (Å²) in [6, 6.07) is 17.0. The summed E-state index contributed by atoms with van der Waals surface area (Å²) in [5, 5.41) is 0. The lowest BCUT2D eigenvalue weighted by Crippen LogP contribution is -2.36. The van der Waals surface area contributed by atoms with Gasteiger partial charge in [0.15, 0.2) is 5.69 Å². The molecule has 27 heavy (non-hydrogen) atoms. The minimum Gasteiger partial charge on any atom is -0.498 e. The molecule has 0 saturated heterocycles. The fourth-order valence-corrected chi connectivity index (χ4v) is 4.44. The Bertz CT molecular complexity index is 917. The largest absolute Gasteiger partial charge is 0.498 e. The summed E-state index contributed by atoms with van der Waals surface area (Å²) in [4.78, 5) is 3.62. The molecule has 0 fully saturated rings. The lowest BCUT2D eigenvalue weighted by molar-refractivity contribution is 0.204. The minimum atomic E-state index is -0.0178. The zero-order valence-corrected chi connectivity index (χ0v) is 15.2. The van der Waals surface area contributed by atoms with Gasteiger partial charge in [-0.1, -0.05) is 67.6 Å². The number of hydrogen-bond acceptors (Lipinski definition) is 1. The van der Waals surface area contributed by atoms with Crippen LogP contribution in [0.4, 0.5) is 5.69 Å². The molecule has 0 bridgehead atoms. The third-order valence-corrected chi connectivity index (χ3v) is 5.62. The first kappa shape index (κ1) is 19.0. The van der Waals surface area contributed by atoms with Gasteiger partial charge in [-0.05, 0) is 49.0 Å². The van der Waals surface area contributed by atoms with E-state index in [1.54, 1.807) is 0 Å². The van der Waals surface area contributed by atoms with E-state index < -0.39 is 0 Å². The second kappa shape index (κ2) is 7.84. The molecule has 2 aliphatic rings. The van der Waals surface area contributed by atoms with E-state index in [0.29, 0.717) is 0 Å². The SMILES string of the molecule is C.[C-]#[N+]c1ccc2c(c1)CC=C1C=C(OCC)CC[C@]12Cc1ccccc1. The summed E-state index contributed by atoms with van der Waals surface area (Å²) in [5.41, 5.74) is 6.13. The second-order valence-electron chi connectivity index (χ2n) is 7.10. The van der Waals surface area contributed by atoms with E-state index in [-0.39, 0.29) is 12.8 Å². The maximum absolute atomic E-state index is 7.33. The normalized spacial score (nSPS) is 20.1. The Balaban J connectivity index is 0.00000210. The highest BCUT2D eigenvalue weighted by molar-refractivity contribution is 5.59. The van der Waals surface area contributed by atoms with Gasteiger partial charge in [-0.15, -0.1) is 0 Å². The van der Waals surface area contributed by atoms with Crippen LogP contribution in [0.2, 0.25) is 0 Å². The van der Waals surface area contributed by atoms with Crippen LogP contribution < -0.4 is 0 Å². The van der Waals surface area contributed by atoms with Gasteiger partial charge in [0.2, 0.25) is 0 Å². The van der Waals surface area contributed by atoms with Crippen LogP contribution in [0.15, 0.2) is 72.0 Å². The second-order valence-corrected chi connectivity index (χ2v) is 7.10. The summed E-state index contributed by atoms with van der Waals surface area (Å²) in [7, 11) is 0. The minimum absolute atomic E-state index is 0. The van der Waals surface area contributed by atoms with E-state index >= 15 is 0 Å². The van der Waals surface area contributed by atoms with Crippen molar-refractivity contribution in [2.45, 2.75) is 45.4 Å². The van der Waals surface area contributed by atoms with Crippen LogP contribution in [-0.4, -0.2) is 6.61 Å². The number of allylic oxidation sites excluding steroid dienone is 4. The fraction of sp³-hybridized carbons (Fsp3) is 0.320. The molecule has 0 heterocycles. The molecule has 4 rings (SSSR count). The first-order chi connectivity index (χ1) is 12.7. The van der Waals surface area contributed by atoms with Crippen molar-refractivity contribution in [2.75, 3.05) is 6.61 Å². The molecule has 2 aromatic rings. The van der Waals surface area contributed by atoms with E-state index in [2.05, 4.69) is 59.5 Å². The topological polar surface area (TPSA) is 13.6 Å². The Labute approximate surface area is 163 Å². The number of ether oxygens (including phenoxy) is 1. The van der Waals surface area contributed by atoms with E-state index in [0.717, 1.165) is 43.7 Å². The summed E-state index contributed by atoms with van der Waals surface area (Å²) in [5.74, 6) is 1.10. The Kier molecular flexibility index (Phi) is 5.51. The molecule has 0 unspecified atom stereocenters. The Morgan fingerprint density at radius 1 is 1.15 bits per heavy atom. The van der Waals surface area contributed by atoms with E-state index in [4.69, 9.17) is 11.3 Å². The van der Waals surface area contributed by atoms with E-state index in [1.165, 1.54) is 22.3 Å². The average molecular weight is 357 g/mol. The molecule has 0 spiro atoms. The molecule has 0 radical (unpaired) electrons. The number of benzene rings is 2. The Hall–Kier alpha value is -2.79. The third-order valence-electron chi connectivity index (χ3n) is 5.62. The van der Waals surface area contributed by atoms with E-state index in [9.17, 15) is 0 Å². The predicted octanol–water partition coefficient (Wildman–Crippen LogP) is 6.55. The molecule has 1 atom stereocenters. The van der Waals surface area contributed by atoms with Crippen molar-refractivity contribution in [3.05, 3.63) is 100 Å². The third kappa shape index (κ3) is 3.43. The van der Waals surface area contributed by atoms with Crippen LogP contribution in [0.3, 0.4) is 0 Å². The standard InChI is InChI=1S/C24H23NO.CH4/c1-3-26-22-13-14-24(17-18-7-5-4-6-8-18)20(16-22)10-9-19-15-21(25-2)11-12-23(19)24;/h4-8,10-12,15-16H,3,9,13-14,17H2,1H3;1H4/t24-;/m0./s1. The average Bonchev–Trinajstić information content (AvgIpc) is 2.69. The molecule has 0 aromatic heterocycles. The Morgan fingerprint density at radius 2 is 1.96 bits per heavy atom. The van der Waals surface area contributed by atoms with Gasteiger partial charge < -0.3 is 4.74 Å². The molecule has 0 N–H and O–H groups in total. The number of hydrogen-bond donors (Lipinski definition) is 0. The van der Waals surface area contributed by atoms with Crippen LogP contribution in [-0.2, 0) is 23.0 Å². The maximum atomic E-state index is 7.33. The van der Waals surface area contributed by atoms with Gasteiger partial charge in [0.05, 0.1) is 18.9 Å². The van der Waals surface area contributed by atoms with Crippen LogP contribution in [0.1, 0.15) is 43.9 Å². The molecule has 2 aromatic carbocycles. The van der Waals surface area contributed by atoms with Crippen molar-refractivity contribution in [3.63, 3.8) is 0 Å². The van der Waals surface area contributed by atoms with Gasteiger partial charge in [0.1, 0.15) is 0 Å². The Morgan fingerprint density at radius 3 is 2.70 bits per heavy atom. The van der Waals surface area contributed by atoms with Crippen LogP contribution in [0.5, 0.6) is 0 Å². The molecule has 0 saturated carbocycles. The highest BCUT2D eigenvalue weighted by Gasteiger charge is 2.41. The molecule has 0 aliphatic heterocycles. The van der Waals surface area contributed by atoms with Gasteiger partial charge in [-0.3, -0.25) is 0 Å². The zero-order valence-electron chi connectivity index (χ0n) is 15.2. The van der Waals surface area contributed by atoms with Crippen molar-refractivity contribution in [2.24, 2.45) is 0 Å². The van der Waals surface area contributed by atoms with Gasteiger partial charge in [-0.2, -0.15) is 0 Å². The monoisotopic (exact) mass is 357 g/mol. The maximum Gasteiger partial charge on any atom is 0.187 e. The fourth-order valence-electron chi connectivity index (χ4n) is 4.44. The zero-order chi connectivity index (χ0) is 18.0. The first-order valence-corrected chi connectivity index (χ1v) is 9.34. The highest BCUT2D eigenvalue weighted by Crippen LogP contribution is 2.49. The quantitative estimate of drug-likeness (QED) is 0.566. The van der Waals surface area contributed by atoms with Crippen molar-refractivity contribution in [3.8, 4) is 0 Å². The lowest BCUT2D eigenvalue weighted by Gasteiger charge is -2.43. The molecular weight excluding hydrogens is 330 g/mol. The number of rotatable bonds is 4. The first-order valence-electron chi connectivity index (χ1n) is 9.34. The summed E-state index contributed by atoms with van der Waals surface area (Å²) in [6.45, 7) is 10.1.